The van der Waals surface area contributed by atoms with Gasteiger partial charge in [-0.25, -0.2) is 8.42 Å². The molecule has 32 heavy (non-hydrogen) atoms. The van der Waals surface area contributed by atoms with E-state index in [1.807, 2.05) is 37.3 Å². The summed E-state index contributed by atoms with van der Waals surface area (Å²) in [5.41, 5.74) is 2.28. The smallest absolute Gasteiger partial charge is 0.264 e. The summed E-state index contributed by atoms with van der Waals surface area (Å²) in [4.78, 5) is 13.0. The summed E-state index contributed by atoms with van der Waals surface area (Å²) in [5, 5.41) is 3.33. The van der Waals surface area contributed by atoms with E-state index in [1.54, 1.807) is 43.3 Å². The maximum absolute atomic E-state index is 13.4. The fraction of sp³-hybridized carbons (Fsp3) is 0.240. The third kappa shape index (κ3) is 6.11. The Morgan fingerprint density at radius 2 is 1.62 bits per heavy atom. The van der Waals surface area contributed by atoms with Gasteiger partial charge in [0.25, 0.3) is 10.0 Å². The maximum Gasteiger partial charge on any atom is 0.264 e. The lowest BCUT2D eigenvalue weighted by Gasteiger charge is -2.26. The highest BCUT2D eigenvalue weighted by atomic mass is 35.5. The lowest BCUT2D eigenvalue weighted by molar-refractivity contribution is -0.120. The molecule has 3 rings (SSSR count). The van der Waals surface area contributed by atoms with E-state index in [0.717, 1.165) is 17.1 Å². The van der Waals surface area contributed by atoms with Crippen molar-refractivity contribution in [1.29, 1.82) is 0 Å². The first-order chi connectivity index (χ1) is 15.3. The number of carbonyl (C=O) groups is 1. The molecule has 0 aliphatic rings. The van der Waals surface area contributed by atoms with Crippen LogP contribution < -0.4 is 9.62 Å². The fourth-order valence-electron chi connectivity index (χ4n) is 3.42. The van der Waals surface area contributed by atoms with Crippen LogP contribution in [-0.4, -0.2) is 26.9 Å². The Morgan fingerprint density at radius 3 is 2.28 bits per heavy atom. The number of rotatable bonds is 9. The van der Waals surface area contributed by atoms with E-state index >= 15 is 0 Å². The van der Waals surface area contributed by atoms with Crippen LogP contribution in [0.15, 0.2) is 83.8 Å². The van der Waals surface area contributed by atoms with E-state index in [1.165, 1.54) is 17.7 Å². The van der Waals surface area contributed by atoms with E-state index in [2.05, 4.69) is 5.32 Å². The Hall–Kier alpha value is -2.83. The van der Waals surface area contributed by atoms with Gasteiger partial charge in [-0.05, 0) is 62.1 Å². The van der Waals surface area contributed by atoms with E-state index in [9.17, 15) is 13.2 Å². The van der Waals surface area contributed by atoms with Crippen LogP contribution in [0.25, 0.3) is 0 Å². The molecule has 0 aliphatic heterocycles. The summed E-state index contributed by atoms with van der Waals surface area (Å²) < 4.78 is 28.0. The van der Waals surface area contributed by atoms with Crippen LogP contribution in [0.4, 0.5) is 5.69 Å². The number of carbonyl (C=O) groups excluding carboxylic acids is 1. The van der Waals surface area contributed by atoms with Gasteiger partial charge >= 0.3 is 0 Å². The number of benzene rings is 3. The summed E-state index contributed by atoms with van der Waals surface area (Å²) in [6.07, 6.45) is 1.57. The minimum absolute atomic E-state index is 0.107. The highest BCUT2D eigenvalue weighted by molar-refractivity contribution is 7.92. The van der Waals surface area contributed by atoms with Gasteiger partial charge in [0.1, 0.15) is 6.54 Å². The Bertz CT molecular complexity index is 1150. The average molecular weight is 471 g/mol. The zero-order valence-electron chi connectivity index (χ0n) is 18.2. The molecular formula is C25H27ClN2O3S. The number of nitrogens with one attached hydrogen (secondary N) is 1. The number of hydrogen-bond acceptors (Lipinski definition) is 3. The number of sulfonamides is 1. The third-order valence-electron chi connectivity index (χ3n) is 5.17. The van der Waals surface area contributed by atoms with Gasteiger partial charge in [-0.1, -0.05) is 66.2 Å². The predicted molar refractivity (Wildman–Crippen MR) is 130 cm³/mol. The molecule has 1 atom stereocenters. The minimum Gasteiger partial charge on any atom is -0.352 e. The highest BCUT2D eigenvalue weighted by Crippen LogP contribution is 2.29. The quantitative estimate of drug-likeness (QED) is 0.479. The lowest BCUT2D eigenvalue weighted by Crippen LogP contribution is -2.44. The van der Waals surface area contributed by atoms with Crippen molar-refractivity contribution in [3.8, 4) is 0 Å². The maximum atomic E-state index is 13.4. The van der Waals surface area contributed by atoms with Crippen LogP contribution >= 0.6 is 11.6 Å². The van der Waals surface area contributed by atoms with Gasteiger partial charge in [-0.2, -0.15) is 0 Å². The van der Waals surface area contributed by atoms with Gasteiger partial charge in [0.2, 0.25) is 5.91 Å². The molecule has 5 nitrogen and oxygen atoms in total. The summed E-state index contributed by atoms with van der Waals surface area (Å²) in [5.74, 6) is -0.371. The van der Waals surface area contributed by atoms with Crippen LogP contribution in [0.5, 0.6) is 0 Å². The van der Waals surface area contributed by atoms with Crippen molar-refractivity contribution in [2.45, 2.75) is 37.6 Å². The Morgan fingerprint density at radius 1 is 1.00 bits per heavy atom. The zero-order chi connectivity index (χ0) is 23.1. The second-order valence-electron chi connectivity index (χ2n) is 7.75. The molecule has 1 amide bonds. The Balaban J connectivity index is 1.79. The van der Waals surface area contributed by atoms with Crippen LogP contribution in [0, 0.1) is 6.92 Å². The second kappa shape index (κ2) is 10.7. The normalized spacial score (nSPS) is 12.2. The zero-order valence-corrected chi connectivity index (χ0v) is 19.7. The van der Waals surface area contributed by atoms with Crippen LogP contribution in [0.3, 0.4) is 0 Å². The standard InChI is InChI=1S/C25H27ClN2O3S/c1-19-13-16-22(26)17-24(19)28(32(30,31)23-11-7-4-8-12-23)18-25(29)27-20(2)14-15-21-9-5-3-6-10-21/h3-13,16-17,20H,14-15,18H2,1-2H3,(H,27,29)/t20-/m0/s1. The van der Waals surface area contributed by atoms with Crippen molar-refractivity contribution in [1.82, 2.24) is 5.32 Å². The fourth-order valence-corrected chi connectivity index (χ4v) is 5.09. The number of anilines is 1. The first kappa shape index (κ1) is 23.8. The van der Waals surface area contributed by atoms with Crippen LogP contribution in [0.2, 0.25) is 5.02 Å². The number of amides is 1. The van der Waals surface area contributed by atoms with E-state index in [0.29, 0.717) is 16.3 Å². The molecule has 0 aromatic heterocycles. The number of halogens is 1. The minimum atomic E-state index is -3.97. The molecule has 0 heterocycles. The van der Waals surface area contributed by atoms with Gasteiger partial charge in [0, 0.05) is 11.1 Å². The number of hydrogen-bond donors (Lipinski definition) is 1. The van der Waals surface area contributed by atoms with Gasteiger partial charge in [0.05, 0.1) is 10.6 Å². The van der Waals surface area contributed by atoms with Crippen molar-refractivity contribution < 1.29 is 13.2 Å². The molecule has 168 valence electrons. The second-order valence-corrected chi connectivity index (χ2v) is 10.0. The summed E-state index contributed by atoms with van der Waals surface area (Å²) >= 11 is 6.16. The summed E-state index contributed by atoms with van der Waals surface area (Å²) in [6, 6.07) is 23.0. The Labute approximate surface area is 195 Å². The molecule has 0 aliphatic carbocycles. The topological polar surface area (TPSA) is 66.5 Å². The largest absolute Gasteiger partial charge is 0.352 e. The third-order valence-corrected chi connectivity index (χ3v) is 7.18. The SMILES string of the molecule is Cc1ccc(Cl)cc1N(CC(=O)N[C@@H](C)CCc1ccccc1)S(=O)(=O)c1ccccc1. The highest BCUT2D eigenvalue weighted by Gasteiger charge is 2.28. The molecule has 0 unspecified atom stereocenters. The van der Waals surface area contributed by atoms with Gasteiger partial charge in [-0.15, -0.1) is 0 Å². The molecule has 3 aromatic rings. The molecule has 0 saturated heterocycles. The van der Waals surface area contributed by atoms with E-state index in [4.69, 9.17) is 11.6 Å². The first-order valence-corrected chi connectivity index (χ1v) is 12.3. The molecule has 1 N–H and O–H groups in total. The molecule has 0 radical (unpaired) electrons. The van der Waals surface area contributed by atoms with Gasteiger partial charge < -0.3 is 5.32 Å². The van der Waals surface area contributed by atoms with Crippen molar-refractivity contribution in [2.75, 3.05) is 10.8 Å². The molecule has 0 spiro atoms. The van der Waals surface area contributed by atoms with Crippen LogP contribution in [-0.2, 0) is 21.2 Å². The summed E-state index contributed by atoms with van der Waals surface area (Å²) in [7, 11) is -3.97. The molecule has 0 bridgehead atoms. The van der Waals surface area contributed by atoms with Crippen molar-refractivity contribution in [3.63, 3.8) is 0 Å². The number of aryl methyl sites for hydroxylation is 2. The number of nitrogens with zero attached hydrogens (tertiary/aromatic N) is 1. The molecule has 7 heteroatoms. The van der Waals surface area contributed by atoms with Crippen LogP contribution in [0.1, 0.15) is 24.5 Å². The van der Waals surface area contributed by atoms with Crippen molar-refractivity contribution >= 4 is 33.2 Å². The van der Waals surface area contributed by atoms with Gasteiger partial charge in [0.15, 0.2) is 0 Å². The Kier molecular flexibility index (Phi) is 7.94. The molecule has 3 aromatic carbocycles. The van der Waals surface area contributed by atoms with E-state index < -0.39 is 10.0 Å². The van der Waals surface area contributed by atoms with Crippen molar-refractivity contribution in [2.24, 2.45) is 0 Å². The summed E-state index contributed by atoms with van der Waals surface area (Å²) in [6.45, 7) is 3.37. The van der Waals surface area contributed by atoms with E-state index in [-0.39, 0.29) is 23.4 Å². The van der Waals surface area contributed by atoms with Gasteiger partial charge in [-0.3, -0.25) is 9.10 Å². The first-order valence-electron chi connectivity index (χ1n) is 10.4. The monoisotopic (exact) mass is 470 g/mol. The van der Waals surface area contributed by atoms with Crippen molar-refractivity contribution in [3.05, 3.63) is 95.0 Å². The molecule has 0 saturated carbocycles. The average Bonchev–Trinajstić information content (AvgIpc) is 2.79. The predicted octanol–water partition coefficient (Wildman–Crippen LogP) is 4.98. The lowest BCUT2D eigenvalue weighted by atomic mass is 10.1. The molecular weight excluding hydrogens is 444 g/mol. The molecule has 0 fully saturated rings.